The largest absolute Gasteiger partial charge is 0.455 e. The van der Waals surface area contributed by atoms with Crippen molar-refractivity contribution >= 4 is 17.4 Å². The van der Waals surface area contributed by atoms with Crippen LogP contribution in [0, 0.1) is 0 Å². The van der Waals surface area contributed by atoms with Gasteiger partial charge in [0, 0.05) is 7.05 Å². The molecular formula is C7H3ClF6N2O. The maximum atomic E-state index is 12.3. The molecule has 0 bridgehead atoms. The van der Waals surface area contributed by atoms with E-state index in [-0.39, 0.29) is 0 Å². The van der Waals surface area contributed by atoms with Gasteiger partial charge in [-0.2, -0.15) is 31.4 Å². The molecular weight excluding hydrogens is 278 g/mol. The van der Waals surface area contributed by atoms with E-state index in [2.05, 4.69) is 5.10 Å². The fourth-order valence-corrected chi connectivity index (χ4v) is 1.26. The molecule has 0 aliphatic rings. The smallest absolute Gasteiger partial charge is 0.284 e. The average Bonchev–Trinajstić information content (AvgIpc) is 2.40. The van der Waals surface area contributed by atoms with Gasteiger partial charge in [-0.05, 0) is 0 Å². The summed E-state index contributed by atoms with van der Waals surface area (Å²) in [6.07, 6.45) is -10.6. The number of aromatic nitrogens is 2. The molecule has 3 nitrogen and oxygen atoms in total. The molecule has 0 unspecified atom stereocenters. The van der Waals surface area contributed by atoms with Crippen LogP contribution < -0.4 is 0 Å². The van der Waals surface area contributed by atoms with Crippen LogP contribution in [0.5, 0.6) is 0 Å². The van der Waals surface area contributed by atoms with Gasteiger partial charge in [-0.15, -0.1) is 0 Å². The van der Waals surface area contributed by atoms with Crippen molar-refractivity contribution < 1.29 is 31.1 Å². The number of alkyl halides is 6. The summed E-state index contributed by atoms with van der Waals surface area (Å²) in [7, 11) is 0.894. The predicted octanol–water partition coefficient (Wildman–Crippen LogP) is 2.84. The Balaban J connectivity index is 3.48. The molecule has 96 valence electrons. The second-order valence-corrected chi connectivity index (χ2v) is 3.32. The van der Waals surface area contributed by atoms with Crippen molar-refractivity contribution in [1.29, 1.82) is 0 Å². The van der Waals surface area contributed by atoms with Crippen LogP contribution in [0.1, 0.15) is 16.1 Å². The van der Waals surface area contributed by atoms with Crippen LogP contribution in [0.4, 0.5) is 26.3 Å². The monoisotopic (exact) mass is 280 g/mol. The number of halogens is 7. The molecule has 1 aromatic rings. The Morgan fingerprint density at radius 3 is 2.06 bits per heavy atom. The number of ketones is 1. The van der Waals surface area contributed by atoms with E-state index in [1.54, 1.807) is 0 Å². The van der Waals surface area contributed by atoms with E-state index < -0.39 is 34.5 Å². The number of hydrogen-bond acceptors (Lipinski definition) is 2. The minimum absolute atomic E-state index is 0.351. The van der Waals surface area contributed by atoms with E-state index in [1.807, 2.05) is 0 Å². The minimum atomic E-state index is -5.45. The SMILES string of the molecule is Cn1nc(C(F)(F)F)c(C(=O)C(F)(F)F)c1Cl. The third-order valence-corrected chi connectivity index (χ3v) is 2.16. The molecule has 0 spiro atoms. The highest BCUT2D eigenvalue weighted by Gasteiger charge is 2.48. The van der Waals surface area contributed by atoms with Gasteiger partial charge >= 0.3 is 12.4 Å². The molecule has 1 heterocycles. The van der Waals surface area contributed by atoms with E-state index in [0.29, 0.717) is 4.68 Å². The zero-order valence-corrected chi connectivity index (χ0v) is 8.70. The fourth-order valence-electron chi connectivity index (χ4n) is 1.04. The fraction of sp³-hybridized carbons (Fsp3) is 0.429. The predicted molar refractivity (Wildman–Crippen MR) is 43.6 cm³/mol. The van der Waals surface area contributed by atoms with E-state index in [1.165, 1.54) is 0 Å². The average molecular weight is 281 g/mol. The van der Waals surface area contributed by atoms with E-state index in [0.717, 1.165) is 7.05 Å². The van der Waals surface area contributed by atoms with Gasteiger partial charge < -0.3 is 0 Å². The molecule has 0 radical (unpaired) electrons. The second kappa shape index (κ2) is 3.90. The van der Waals surface area contributed by atoms with Crippen LogP contribution in [0.15, 0.2) is 0 Å². The quantitative estimate of drug-likeness (QED) is 0.586. The molecule has 0 aliphatic heterocycles. The molecule has 0 aromatic carbocycles. The maximum Gasteiger partial charge on any atom is 0.455 e. The molecule has 17 heavy (non-hydrogen) atoms. The third kappa shape index (κ3) is 2.54. The van der Waals surface area contributed by atoms with Crippen molar-refractivity contribution in [2.24, 2.45) is 7.05 Å². The normalized spacial score (nSPS) is 12.9. The lowest BCUT2D eigenvalue weighted by molar-refractivity contribution is -0.142. The van der Waals surface area contributed by atoms with Crippen LogP contribution in [0.25, 0.3) is 0 Å². The number of nitrogens with zero attached hydrogens (tertiary/aromatic N) is 2. The zero-order valence-electron chi connectivity index (χ0n) is 7.95. The highest BCUT2D eigenvalue weighted by atomic mass is 35.5. The summed E-state index contributed by atoms with van der Waals surface area (Å²) in [5.41, 5.74) is -3.64. The summed E-state index contributed by atoms with van der Waals surface area (Å²) < 4.78 is 73.6. The lowest BCUT2D eigenvalue weighted by atomic mass is 10.1. The molecule has 0 saturated carbocycles. The van der Waals surface area contributed by atoms with Crippen molar-refractivity contribution in [3.05, 3.63) is 16.4 Å². The van der Waals surface area contributed by atoms with Gasteiger partial charge in [0.25, 0.3) is 5.78 Å². The Morgan fingerprint density at radius 1 is 1.24 bits per heavy atom. The summed E-state index contributed by atoms with van der Waals surface area (Å²) in [6.45, 7) is 0. The summed E-state index contributed by atoms with van der Waals surface area (Å²) in [6, 6.07) is 0. The van der Waals surface area contributed by atoms with Crippen molar-refractivity contribution in [3.63, 3.8) is 0 Å². The summed E-state index contributed by atoms with van der Waals surface area (Å²) in [5, 5.41) is 1.74. The Morgan fingerprint density at radius 2 is 1.71 bits per heavy atom. The van der Waals surface area contributed by atoms with Crippen LogP contribution >= 0.6 is 11.6 Å². The number of carbonyl (C=O) groups is 1. The zero-order chi connectivity index (χ0) is 13.6. The lowest BCUT2D eigenvalue weighted by Gasteiger charge is -2.07. The van der Waals surface area contributed by atoms with Gasteiger partial charge in [0.05, 0.1) is 5.56 Å². The first-order valence-electron chi connectivity index (χ1n) is 3.87. The topological polar surface area (TPSA) is 34.9 Å². The molecule has 0 atom stereocenters. The van der Waals surface area contributed by atoms with Gasteiger partial charge in [0.1, 0.15) is 5.15 Å². The first kappa shape index (κ1) is 13.8. The van der Waals surface area contributed by atoms with Crippen molar-refractivity contribution in [2.75, 3.05) is 0 Å². The Bertz CT molecular complexity index is 460. The molecule has 0 aliphatic carbocycles. The van der Waals surface area contributed by atoms with Crippen LogP contribution in [-0.2, 0) is 13.2 Å². The molecule has 0 amide bonds. The highest BCUT2D eigenvalue weighted by Crippen LogP contribution is 2.37. The van der Waals surface area contributed by atoms with Crippen LogP contribution in [-0.4, -0.2) is 21.7 Å². The van der Waals surface area contributed by atoms with Gasteiger partial charge in [0.2, 0.25) is 0 Å². The molecule has 10 heteroatoms. The third-order valence-electron chi connectivity index (χ3n) is 1.73. The summed E-state index contributed by atoms with van der Waals surface area (Å²) in [4.78, 5) is 10.8. The van der Waals surface area contributed by atoms with Crippen molar-refractivity contribution in [3.8, 4) is 0 Å². The van der Waals surface area contributed by atoms with Gasteiger partial charge in [-0.1, -0.05) is 11.6 Å². The minimum Gasteiger partial charge on any atom is -0.284 e. The first-order valence-corrected chi connectivity index (χ1v) is 4.25. The van der Waals surface area contributed by atoms with E-state index in [4.69, 9.17) is 11.6 Å². The number of aryl methyl sites for hydroxylation is 1. The molecule has 1 aromatic heterocycles. The van der Waals surface area contributed by atoms with E-state index >= 15 is 0 Å². The Hall–Kier alpha value is -1.25. The van der Waals surface area contributed by atoms with Gasteiger partial charge in [-0.25, -0.2) is 0 Å². The first-order chi connectivity index (χ1) is 7.46. The second-order valence-electron chi connectivity index (χ2n) is 2.96. The molecule has 0 N–H and O–H groups in total. The number of hydrogen-bond donors (Lipinski definition) is 0. The maximum absolute atomic E-state index is 12.3. The number of rotatable bonds is 1. The van der Waals surface area contributed by atoms with E-state index in [9.17, 15) is 31.1 Å². The highest BCUT2D eigenvalue weighted by molar-refractivity contribution is 6.33. The summed E-state index contributed by atoms with van der Waals surface area (Å²) >= 11 is 5.20. The summed E-state index contributed by atoms with van der Waals surface area (Å²) in [5.74, 6) is -2.68. The standard InChI is InChI=1S/C7H3ClF6N2O/c1-16-5(8)2(4(17)7(12,13)14)3(15-16)6(9,10)11/h1H3. The number of Topliss-reactive ketones (excluding diaryl/α,β-unsaturated/α-hetero) is 1. The Kier molecular flexibility index (Phi) is 3.17. The van der Waals surface area contributed by atoms with Crippen molar-refractivity contribution in [2.45, 2.75) is 12.4 Å². The van der Waals surface area contributed by atoms with Crippen LogP contribution in [0.3, 0.4) is 0 Å². The van der Waals surface area contributed by atoms with Crippen LogP contribution in [0.2, 0.25) is 5.15 Å². The van der Waals surface area contributed by atoms with Crippen molar-refractivity contribution in [1.82, 2.24) is 9.78 Å². The lowest BCUT2D eigenvalue weighted by Crippen LogP contribution is -2.25. The molecule has 0 fully saturated rings. The number of carbonyl (C=O) groups excluding carboxylic acids is 1. The van der Waals surface area contributed by atoms with Gasteiger partial charge in [-0.3, -0.25) is 9.48 Å². The van der Waals surface area contributed by atoms with Gasteiger partial charge in [0.15, 0.2) is 5.69 Å². The molecule has 0 saturated heterocycles. The molecule has 1 rings (SSSR count). The Labute approximate surface area is 95.0 Å².